The lowest BCUT2D eigenvalue weighted by Gasteiger charge is -2.03. The van der Waals surface area contributed by atoms with Gasteiger partial charge in [-0.1, -0.05) is 84.0 Å². The summed E-state index contributed by atoms with van der Waals surface area (Å²) in [5.41, 5.74) is 0. The van der Waals surface area contributed by atoms with Gasteiger partial charge in [-0.15, -0.1) is 0 Å². The minimum Gasteiger partial charge on any atom is -0.484 e. The fourth-order valence-corrected chi connectivity index (χ4v) is 2.41. The van der Waals surface area contributed by atoms with Crippen LogP contribution in [0.4, 0.5) is 0 Å². The summed E-state index contributed by atoms with van der Waals surface area (Å²) in [4.78, 5) is 0. The van der Waals surface area contributed by atoms with E-state index in [2.05, 4.69) is 6.92 Å². The van der Waals surface area contributed by atoms with E-state index in [1.807, 2.05) is 0 Å². The number of hydrogen-bond acceptors (Lipinski definition) is 2. The summed E-state index contributed by atoms with van der Waals surface area (Å²) in [6.07, 6.45) is 18.7. The third kappa shape index (κ3) is 15.4. The van der Waals surface area contributed by atoms with Gasteiger partial charge in [0.1, 0.15) is 0 Å². The van der Waals surface area contributed by atoms with Gasteiger partial charge in [-0.05, 0) is 6.42 Å². The zero-order valence-corrected chi connectivity index (χ0v) is 13.3. The van der Waals surface area contributed by atoms with Crippen LogP contribution in [-0.2, 0) is 4.74 Å². The second-order valence-electron chi connectivity index (χ2n) is 5.62. The van der Waals surface area contributed by atoms with Crippen LogP contribution in [0.15, 0.2) is 0 Å². The van der Waals surface area contributed by atoms with E-state index < -0.39 is 0 Å². The molecule has 0 saturated carbocycles. The highest BCUT2D eigenvalue weighted by molar-refractivity contribution is 5.72. The van der Waals surface area contributed by atoms with Gasteiger partial charge in [0.05, 0.1) is 7.11 Å². The maximum absolute atomic E-state index is 7.37. The van der Waals surface area contributed by atoms with Crippen LogP contribution < -0.4 is 0 Å². The Bertz CT molecular complexity index is 192. The molecule has 0 heterocycles. The topological polar surface area (TPSA) is 33.1 Å². The fourth-order valence-electron chi connectivity index (χ4n) is 2.41. The maximum atomic E-state index is 7.37. The molecule has 0 amide bonds. The van der Waals surface area contributed by atoms with Crippen molar-refractivity contribution >= 4 is 5.90 Å². The Morgan fingerprint density at radius 3 is 1.42 bits per heavy atom. The summed E-state index contributed by atoms with van der Waals surface area (Å²) in [6.45, 7) is 2.28. The largest absolute Gasteiger partial charge is 0.484 e. The quantitative estimate of drug-likeness (QED) is 0.231. The van der Waals surface area contributed by atoms with Crippen LogP contribution in [-0.4, -0.2) is 13.0 Å². The molecular formula is C17H35NO. The molecule has 0 aliphatic rings. The van der Waals surface area contributed by atoms with Crippen LogP contribution in [0.1, 0.15) is 96.8 Å². The fraction of sp³-hybridized carbons (Fsp3) is 0.941. The lowest BCUT2D eigenvalue weighted by Crippen LogP contribution is -1.97. The average Bonchev–Trinajstić information content (AvgIpc) is 2.43. The van der Waals surface area contributed by atoms with Crippen molar-refractivity contribution in [3.05, 3.63) is 0 Å². The van der Waals surface area contributed by atoms with E-state index in [1.165, 1.54) is 77.0 Å². The number of hydrogen-bond donors (Lipinski definition) is 1. The lowest BCUT2D eigenvalue weighted by molar-refractivity contribution is 0.382. The molecular weight excluding hydrogens is 234 g/mol. The number of nitrogens with one attached hydrogen (secondary N) is 1. The molecule has 114 valence electrons. The van der Waals surface area contributed by atoms with Crippen LogP contribution in [0.5, 0.6) is 0 Å². The van der Waals surface area contributed by atoms with Crippen LogP contribution in [0, 0.1) is 5.41 Å². The molecule has 0 aromatic heterocycles. The van der Waals surface area contributed by atoms with Gasteiger partial charge in [-0.2, -0.15) is 0 Å². The molecule has 0 aromatic carbocycles. The Morgan fingerprint density at radius 1 is 0.684 bits per heavy atom. The van der Waals surface area contributed by atoms with E-state index in [4.69, 9.17) is 10.1 Å². The first-order valence-corrected chi connectivity index (χ1v) is 8.42. The standard InChI is InChI=1S/C17H35NO/c1-3-4-5-6-7-8-9-10-11-12-13-14-15-16-17(18)19-2/h18H,3-16H2,1-2H3. The molecule has 0 radical (unpaired) electrons. The summed E-state index contributed by atoms with van der Waals surface area (Å²) >= 11 is 0. The van der Waals surface area contributed by atoms with Crippen LogP contribution >= 0.6 is 0 Å². The van der Waals surface area contributed by atoms with Gasteiger partial charge in [-0.3, -0.25) is 5.41 Å². The molecule has 0 atom stereocenters. The summed E-state index contributed by atoms with van der Waals surface area (Å²) in [6, 6.07) is 0. The van der Waals surface area contributed by atoms with E-state index in [0.29, 0.717) is 5.90 Å². The molecule has 0 aliphatic heterocycles. The zero-order chi connectivity index (χ0) is 14.2. The van der Waals surface area contributed by atoms with Gasteiger partial charge >= 0.3 is 0 Å². The van der Waals surface area contributed by atoms with Gasteiger partial charge in [0.15, 0.2) is 5.90 Å². The second kappa shape index (κ2) is 15.5. The molecule has 19 heavy (non-hydrogen) atoms. The van der Waals surface area contributed by atoms with Gasteiger partial charge in [0.2, 0.25) is 0 Å². The van der Waals surface area contributed by atoms with Crippen LogP contribution in [0.2, 0.25) is 0 Å². The van der Waals surface area contributed by atoms with Crippen molar-refractivity contribution in [3.8, 4) is 0 Å². The molecule has 2 nitrogen and oxygen atoms in total. The van der Waals surface area contributed by atoms with Crippen LogP contribution in [0.25, 0.3) is 0 Å². The van der Waals surface area contributed by atoms with Crippen molar-refractivity contribution in [1.29, 1.82) is 5.41 Å². The van der Waals surface area contributed by atoms with Crippen molar-refractivity contribution in [2.24, 2.45) is 0 Å². The lowest BCUT2D eigenvalue weighted by atomic mass is 10.0. The molecule has 1 N–H and O–H groups in total. The van der Waals surface area contributed by atoms with E-state index in [-0.39, 0.29) is 0 Å². The predicted molar refractivity (Wildman–Crippen MR) is 85.0 cm³/mol. The SMILES string of the molecule is CCCCCCCCCCCCCCCC(=N)OC. The minimum absolute atomic E-state index is 0.433. The normalized spacial score (nSPS) is 10.6. The summed E-state index contributed by atoms with van der Waals surface area (Å²) in [5.74, 6) is 0.433. The highest BCUT2D eigenvalue weighted by Crippen LogP contribution is 2.12. The monoisotopic (exact) mass is 269 g/mol. The Balaban J connectivity index is 2.97. The number of rotatable bonds is 14. The third-order valence-electron chi connectivity index (χ3n) is 3.75. The Morgan fingerprint density at radius 2 is 1.05 bits per heavy atom. The second-order valence-corrected chi connectivity index (χ2v) is 5.62. The summed E-state index contributed by atoms with van der Waals surface area (Å²) in [7, 11) is 1.59. The molecule has 0 aromatic rings. The molecule has 0 aliphatic carbocycles. The van der Waals surface area contributed by atoms with Crippen molar-refractivity contribution in [2.75, 3.05) is 7.11 Å². The highest BCUT2D eigenvalue weighted by Gasteiger charge is 1.96. The van der Waals surface area contributed by atoms with Crippen LogP contribution in [0.3, 0.4) is 0 Å². The molecule has 0 bridgehead atoms. The van der Waals surface area contributed by atoms with E-state index >= 15 is 0 Å². The predicted octanol–water partition coefficient (Wildman–Crippen LogP) is 6.09. The first-order valence-electron chi connectivity index (χ1n) is 8.42. The van der Waals surface area contributed by atoms with Crippen molar-refractivity contribution in [1.82, 2.24) is 0 Å². The smallest absolute Gasteiger partial charge is 0.180 e. The summed E-state index contributed by atoms with van der Waals surface area (Å²) < 4.78 is 4.84. The Labute approximate surface area is 120 Å². The summed E-state index contributed by atoms with van der Waals surface area (Å²) in [5, 5.41) is 7.37. The highest BCUT2D eigenvalue weighted by atomic mass is 16.5. The minimum atomic E-state index is 0.433. The first-order chi connectivity index (χ1) is 9.31. The molecule has 0 saturated heterocycles. The van der Waals surface area contributed by atoms with Crippen molar-refractivity contribution in [2.45, 2.75) is 96.8 Å². The Kier molecular flexibility index (Phi) is 15.1. The zero-order valence-electron chi connectivity index (χ0n) is 13.3. The van der Waals surface area contributed by atoms with E-state index in [0.717, 1.165) is 12.8 Å². The maximum Gasteiger partial charge on any atom is 0.180 e. The van der Waals surface area contributed by atoms with E-state index in [9.17, 15) is 0 Å². The van der Waals surface area contributed by atoms with Crippen molar-refractivity contribution in [3.63, 3.8) is 0 Å². The molecule has 0 spiro atoms. The van der Waals surface area contributed by atoms with Gasteiger partial charge in [-0.25, -0.2) is 0 Å². The Hall–Kier alpha value is -0.530. The molecule has 0 rings (SSSR count). The first kappa shape index (κ1) is 18.5. The van der Waals surface area contributed by atoms with Crippen molar-refractivity contribution < 1.29 is 4.74 Å². The van der Waals surface area contributed by atoms with Gasteiger partial charge < -0.3 is 4.74 Å². The number of unbranched alkanes of at least 4 members (excludes halogenated alkanes) is 12. The van der Waals surface area contributed by atoms with Gasteiger partial charge in [0.25, 0.3) is 0 Å². The third-order valence-corrected chi connectivity index (χ3v) is 3.75. The molecule has 0 unspecified atom stereocenters. The molecule has 2 heteroatoms. The number of methoxy groups -OCH3 is 1. The number of ether oxygens (including phenoxy) is 1. The average molecular weight is 269 g/mol. The molecule has 0 fully saturated rings. The van der Waals surface area contributed by atoms with Gasteiger partial charge in [0, 0.05) is 6.42 Å². The van der Waals surface area contributed by atoms with E-state index in [1.54, 1.807) is 7.11 Å².